The first-order valence-electron chi connectivity index (χ1n) is 13.6. The number of aryl methyl sites for hydroxylation is 1. The smallest absolute Gasteiger partial charge is 0.415 e. The first-order chi connectivity index (χ1) is 19.1. The molecule has 0 radical (unpaired) electrons. The summed E-state index contributed by atoms with van der Waals surface area (Å²) in [6, 6.07) is 6.74. The van der Waals surface area contributed by atoms with Crippen molar-refractivity contribution in [3.63, 3.8) is 0 Å². The van der Waals surface area contributed by atoms with Crippen LogP contribution >= 0.6 is 11.6 Å². The van der Waals surface area contributed by atoms with Gasteiger partial charge in [0.15, 0.2) is 22.5 Å². The molecule has 1 aromatic heterocycles. The molecule has 2 atom stereocenters. The highest BCUT2D eigenvalue weighted by Gasteiger charge is 2.37. The Morgan fingerprint density at radius 2 is 1.93 bits per heavy atom. The number of nitrogens with one attached hydrogen (secondary N) is 1. The highest BCUT2D eigenvalue weighted by molar-refractivity contribution is 6.32. The van der Waals surface area contributed by atoms with E-state index in [-0.39, 0.29) is 16.7 Å². The second-order valence-corrected chi connectivity index (χ2v) is 11.0. The predicted molar refractivity (Wildman–Crippen MR) is 150 cm³/mol. The fourth-order valence-corrected chi connectivity index (χ4v) is 6.27. The van der Waals surface area contributed by atoms with E-state index >= 15 is 0 Å². The van der Waals surface area contributed by atoms with Crippen molar-refractivity contribution in [1.82, 2.24) is 25.1 Å². The molecule has 3 fully saturated rings. The molecule has 214 valence electrons. The van der Waals surface area contributed by atoms with Crippen molar-refractivity contribution in [2.45, 2.75) is 57.8 Å². The number of rotatable bonds is 7. The number of halogens is 1. The van der Waals surface area contributed by atoms with Gasteiger partial charge < -0.3 is 21.1 Å². The lowest BCUT2D eigenvalue weighted by Gasteiger charge is -2.47. The fraction of sp³-hybridized carbons (Fsp3) is 0.519. The van der Waals surface area contributed by atoms with E-state index in [1.54, 1.807) is 0 Å². The Labute approximate surface area is 238 Å². The van der Waals surface area contributed by atoms with Crippen LogP contribution in [0.4, 0.5) is 16.4 Å². The Kier molecular flexibility index (Phi) is 8.11. The third-order valence-corrected chi connectivity index (χ3v) is 8.34. The van der Waals surface area contributed by atoms with Crippen LogP contribution in [0, 0.1) is 6.92 Å². The van der Waals surface area contributed by atoms with Gasteiger partial charge in [0, 0.05) is 43.8 Å². The van der Waals surface area contributed by atoms with Gasteiger partial charge in [-0.25, -0.2) is 14.8 Å². The third kappa shape index (κ3) is 5.70. The molecule has 12 nitrogen and oxygen atoms in total. The van der Waals surface area contributed by atoms with Gasteiger partial charge in [-0.15, -0.1) is 0 Å². The van der Waals surface area contributed by atoms with E-state index in [4.69, 9.17) is 27.8 Å². The number of amides is 3. The number of primary amides is 1. The largest absolute Gasteiger partial charge is 0.431 e. The number of nitrogens with zero attached hydrogens (tertiary/aromatic N) is 5. The molecular weight excluding hydrogens is 536 g/mol. The summed E-state index contributed by atoms with van der Waals surface area (Å²) in [6.45, 7) is 8.98. The van der Waals surface area contributed by atoms with E-state index in [9.17, 15) is 14.4 Å². The number of nitrogens with two attached hydrogens (primary N) is 2. The molecule has 5 rings (SSSR count). The SMILES string of the molecule is CC[C@H]1CN(c2nc(N)c(C(N)=O)nc2Cl)CCN1C1CCN(Cc2ccc(C)cc2C2OC(=O)NC2=O)CC1. The third-order valence-electron chi connectivity index (χ3n) is 8.09. The molecule has 1 unspecified atom stereocenters. The van der Waals surface area contributed by atoms with Crippen LogP contribution in [-0.4, -0.2) is 82.5 Å². The number of cyclic esters (lactones) is 1. The molecule has 40 heavy (non-hydrogen) atoms. The number of benzene rings is 1. The van der Waals surface area contributed by atoms with Crippen LogP contribution in [0.15, 0.2) is 18.2 Å². The van der Waals surface area contributed by atoms with E-state index in [0.717, 1.165) is 68.7 Å². The van der Waals surface area contributed by atoms with Crippen molar-refractivity contribution in [2.24, 2.45) is 5.73 Å². The van der Waals surface area contributed by atoms with Gasteiger partial charge in [0.25, 0.3) is 11.8 Å². The van der Waals surface area contributed by atoms with Crippen molar-refractivity contribution in [2.75, 3.05) is 43.4 Å². The number of carbonyl (C=O) groups excluding carboxylic acids is 3. The van der Waals surface area contributed by atoms with Crippen molar-refractivity contribution in [3.8, 4) is 0 Å². The maximum Gasteiger partial charge on any atom is 0.415 e. The fourth-order valence-electron chi connectivity index (χ4n) is 6.02. The molecular formula is C27H35ClN8O4. The lowest BCUT2D eigenvalue weighted by molar-refractivity contribution is -0.123. The van der Waals surface area contributed by atoms with Crippen LogP contribution in [0.1, 0.15) is 59.5 Å². The maximum absolute atomic E-state index is 12.3. The standard InChI is InChI=1S/C27H35ClN8O4/c1-3-17-14-35(25-22(28)31-20(24(30)37)23(29)32-25)10-11-36(17)18-6-8-34(9-7-18)13-16-5-4-15(2)12-19(16)21-26(38)33-27(39)40-21/h4-5,12,17-18,21H,3,6-11,13-14H2,1-2H3,(H2,29,32)(H2,30,37)(H,33,38,39)/t17-,21?/m0/s1. The summed E-state index contributed by atoms with van der Waals surface area (Å²) in [7, 11) is 0. The maximum atomic E-state index is 12.3. The lowest BCUT2D eigenvalue weighted by Crippen LogP contribution is -2.58. The molecule has 0 bridgehead atoms. The minimum Gasteiger partial charge on any atom is -0.431 e. The number of alkyl carbamates (subject to hydrolysis) is 1. The molecule has 3 aliphatic heterocycles. The van der Waals surface area contributed by atoms with Gasteiger partial charge in [0.05, 0.1) is 0 Å². The van der Waals surface area contributed by atoms with Gasteiger partial charge >= 0.3 is 6.09 Å². The molecule has 13 heteroatoms. The second kappa shape index (κ2) is 11.6. The van der Waals surface area contributed by atoms with Gasteiger partial charge in [-0.2, -0.15) is 0 Å². The Hall–Kier alpha value is -3.48. The predicted octanol–water partition coefficient (Wildman–Crippen LogP) is 1.99. The number of hydrogen-bond donors (Lipinski definition) is 3. The first-order valence-corrected chi connectivity index (χ1v) is 14.0. The highest BCUT2D eigenvalue weighted by atomic mass is 35.5. The Balaban J connectivity index is 1.21. The van der Waals surface area contributed by atoms with Crippen molar-refractivity contribution >= 4 is 41.1 Å². The number of hydrogen-bond acceptors (Lipinski definition) is 10. The number of nitrogen functional groups attached to an aromatic ring is 1. The Bertz CT molecular complexity index is 1320. The normalized spacial score (nSPS) is 22.8. The van der Waals surface area contributed by atoms with Crippen LogP contribution in [0.3, 0.4) is 0 Å². The van der Waals surface area contributed by atoms with Crippen molar-refractivity contribution in [1.29, 1.82) is 0 Å². The average Bonchev–Trinajstić information content (AvgIpc) is 3.28. The zero-order chi connectivity index (χ0) is 28.6. The van der Waals surface area contributed by atoms with Crippen LogP contribution < -0.4 is 21.7 Å². The van der Waals surface area contributed by atoms with Gasteiger partial charge in [0.2, 0.25) is 6.10 Å². The summed E-state index contributed by atoms with van der Waals surface area (Å²) in [6.07, 6.45) is 1.41. The molecule has 0 saturated carbocycles. The summed E-state index contributed by atoms with van der Waals surface area (Å²) in [5.41, 5.74) is 13.9. The molecule has 3 saturated heterocycles. The molecule has 3 aliphatic rings. The lowest BCUT2D eigenvalue weighted by atomic mass is 9.96. The minimum atomic E-state index is -0.901. The summed E-state index contributed by atoms with van der Waals surface area (Å²) in [5, 5.41) is 2.36. The number of piperidine rings is 1. The van der Waals surface area contributed by atoms with E-state index in [0.29, 0.717) is 24.4 Å². The molecule has 1 aromatic carbocycles. The molecule has 3 amide bonds. The molecule has 5 N–H and O–H groups in total. The van der Waals surface area contributed by atoms with Crippen LogP contribution in [0.2, 0.25) is 5.15 Å². The zero-order valence-electron chi connectivity index (χ0n) is 22.7. The number of imide groups is 1. The topological polar surface area (TPSA) is 160 Å². The zero-order valence-corrected chi connectivity index (χ0v) is 23.5. The van der Waals surface area contributed by atoms with Gasteiger partial charge in [-0.3, -0.25) is 24.7 Å². The van der Waals surface area contributed by atoms with E-state index in [1.807, 2.05) is 25.1 Å². The van der Waals surface area contributed by atoms with Crippen LogP contribution in [0.25, 0.3) is 0 Å². The van der Waals surface area contributed by atoms with Crippen LogP contribution in [0.5, 0.6) is 0 Å². The Morgan fingerprint density at radius 1 is 1.18 bits per heavy atom. The first kappa shape index (κ1) is 28.1. The van der Waals surface area contributed by atoms with Crippen molar-refractivity contribution < 1.29 is 19.1 Å². The molecule has 0 spiro atoms. The van der Waals surface area contributed by atoms with Gasteiger partial charge in [-0.05, 0) is 44.8 Å². The summed E-state index contributed by atoms with van der Waals surface area (Å²) in [5.74, 6) is -0.711. The summed E-state index contributed by atoms with van der Waals surface area (Å²) < 4.78 is 5.26. The summed E-state index contributed by atoms with van der Waals surface area (Å²) in [4.78, 5) is 51.0. The Morgan fingerprint density at radius 3 is 2.58 bits per heavy atom. The summed E-state index contributed by atoms with van der Waals surface area (Å²) >= 11 is 6.37. The number of likely N-dealkylation sites (tertiary alicyclic amines) is 1. The highest BCUT2D eigenvalue weighted by Crippen LogP contribution is 2.31. The van der Waals surface area contributed by atoms with Crippen molar-refractivity contribution in [3.05, 3.63) is 45.7 Å². The molecule has 0 aliphatic carbocycles. The number of anilines is 2. The van der Waals surface area contributed by atoms with Gasteiger partial charge in [-0.1, -0.05) is 42.3 Å². The number of aromatic nitrogens is 2. The molecule has 4 heterocycles. The average molecular weight is 571 g/mol. The quantitative estimate of drug-likeness (QED) is 0.449. The molecule has 2 aromatic rings. The number of ether oxygens (including phenoxy) is 1. The van der Waals surface area contributed by atoms with E-state index in [1.165, 1.54) is 0 Å². The minimum absolute atomic E-state index is 0.0155. The number of piperazine rings is 1. The van der Waals surface area contributed by atoms with E-state index < -0.39 is 24.0 Å². The number of carbonyl (C=O) groups is 3. The second-order valence-electron chi connectivity index (χ2n) is 10.7. The van der Waals surface area contributed by atoms with E-state index in [2.05, 4.69) is 36.9 Å². The van der Waals surface area contributed by atoms with Crippen LogP contribution in [-0.2, 0) is 16.1 Å². The monoisotopic (exact) mass is 570 g/mol. The van der Waals surface area contributed by atoms with Gasteiger partial charge in [0.1, 0.15) is 0 Å².